The first-order valence-electron chi connectivity index (χ1n) is 8.17. The number of halogens is 1. The third kappa shape index (κ3) is 4.14. The summed E-state index contributed by atoms with van der Waals surface area (Å²) in [5, 5.41) is 5.22. The molecule has 0 radical (unpaired) electrons. The maximum Gasteiger partial charge on any atom is 0.237 e. The molecule has 2 aromatic carbocycles. The molecule has 0 spiro atoms. The Kier molecular flexibility index (Phi) is 5.61. The van der Waals surface area contributed by atoms with Crippen LogP contribution in [0.4, 0.5) is 5.69 Å². The van der Waals surface area contributed by atoms with E-state index in [-0.39, 0.29) is 11.2 Å². The van der Waals surface area contributed by atoms with Gasteiger partial charge in [0, 0.05) is 5.39 Å². The summed E-state index contributed by atoms with van der Waals surface area (Å²) in [6.07, 6.45) is 0.703. The molecular weight excluding hydrogens is 352 g/mol. The number of fused-ring (bicyclic) bond motifs is 1. The topological polar surface area (TPSA) is 42.0 Å². The number of benzene rings is 2. The number of amides is 1. The van der Waals surface area contributed by atoms with Gasteiger partial charge in [-0.15, -0.1) is 0 Å². The van der Waals surface area contributed by atoms with E-state index in [1.807, 2.05) is 43.3 Å². The maximum absolute atomic E-state index is 12.6. The van der Waals surface area contributed by atoms with Crippen LogP contribution in [0.15, 0.2) is 59.6 Å². The predicted molar refractivity (Wildman–Crippen MR) is 106 cm³/mol. The van der Waals surface area contributed by atoms with Gasteiger partial charge in [-0.2, -0.15) is 0 Å². The summed E-state index contributed by atoms with van der Waals surface area (Å²) >= 11 is 7.61. The standard InChI is InChI=1S/C20H19ClN2OS/c1-3-18(20(24)23-17-11-7-5-9-15(17)21)25-19-12-13(2)14-8-4-6-10-16(14)22-19/h4-12,18H,3H2,1-2H3,(H,23,24). The molecule has 5 heteroatoms. The van der Waals surface area contributed by atoms with Crippen molar-refractivity contribution in [3.05, 3.63) is 65.2 Å². The lowest BCUT2D eigenvalue weighted by Crippen LogP contribution is -2.24. The van der Waals surface area contributed by atoms with Crippen LogP contribution in [0.1, 0.15) is 18.9 Å². The molecule has 1 N–H and O–H groups in total. The zero-order chi connectivity index (χ0) is 17.8. The van der Waals surface area contributed by atoms with Gasteiger partial charge in [0.15, 0.2) is 0 Å². The lowest BCUT2D eigenvalue weighted by molar-refractivity contribution is -0.115. The number of pyridine rings is 1. The largest absolute Gasteiger partial charge is 0.324 e. The van der Waals surface area contributed by atoms with Crippen molar-refractivity contribution in [2.75, 3.05) is 5.32 Å². The number of rotatable bonds is 5. The summed E-state index contributed by atoms with van der Waals surface area (Å²) in [7, 11) is 0. The number of para-hydroxylation sites is 2. The van der Waals surface area contributed by atoms with E-state index in [1.165, 1.54) is 11.8 Å². The number of carbonyl (C=O) groups is 1. The Morgan fingerprint density at radius 2 is 1.92 bits per heavy atom. The van der Waals surface area contributed by atoms with Gasteiger partial charge in [0.2, 0.25) is 5.91 Å². The van der Waals surface area contributed by atoms with E-state index in [0.29, 0.717) is 17.1 Å². The first-order valence-corrected chi connectivity index (χ1v) is 9.42. The average Bonchev–Trinajstić information content (AvgIpc) is 2.61. The van der Waals surface area contributed by atoms with Crippen LogP contribution in [0.25, 0.3) is 10.9 Å². The van der Waals surface area contributed by atoms with Gasteiger partial charge < -0.3 is 5.32 Å². The van der Waals surface area contributed by atoms with Crippen LogP contribution in [-0.2, 0) is 4.79 Å². The summed E-state index contributed by atoms with van der Waals surface area (Å²) in [5.74, 6) is -0.0618. The van der Waals surface area contributed by atoms with Gasteiger partial charge in [0.25, 0.3) is 0 Å². The number of aromatic nitrogens is 1. The number of nitrogens with zero attached hydrogens (tertiary/aromatic N) is 1. The zero-order valence-electron chi connectivity index (χ0n) is 14.1. The normalized spacial score (nSPS) is 12.1. The van der Waals surface area contributed by atoms with E-state index < -0.39 is 0 Å². The van der Waals surface area contributed by atoms with Gasteiger partial charge in [0.05, 0.1) is 26.5 Å². The second-order valence-electron chi connectivity index (χ2n) is 5.78. The van der Waals surface area contributed by atoms with E-state index in [2.05, 4.69) is 23.3 Å². The quantitative estimate of drug-likeness (QED) is 0.585. The molecule has 0 saturated carbocycles. The van der Waals surface area contributed by atoms with Crippen molar-refractivity contribution in [3.8, 4) is 0 Å². The molecule has 1 amide bonds. The molecule has 1 unspecified atom stereocenters. The van der Waals surface area contributed by atoms with Crippen molar-refractivity contribution in [2.24, 2.45) is 0 Å². The minimum atomic E-state index is -0.232. The van der Waals surface area contributed by atoms with E-state index in [0.717, 1.165) is 21.5 Å². The number of carbonyl (C=O) groups excluding carboxylic acids is 1. The summed E-state index contributed by atoms with van der Waals surface area (Å²) in [6, 6.07) is 17.3. The highest BCUT2D eigenvalue weighted by molar-refractivity contribution is 8.00. The average molecular weight is 371 g/mol. The Hall–Kier alpha value is -2.04. The highest BCUT2D eigenvalue weighted by atomic mass is 35.5. The van der Waals surface area contributed by atoms with Crippen LogP contribution in [0.5, 0.6) is 0 Å². The molecule has 0 aliphatic rings. The number of hydrogen-bond donors (Lipinski definition) is 1. The van der Waals surface area contributed by atoms with Gasteiger partial charge in [-0.25, -0.2) is 4.98 Å². The molecule has 1 heterocycles. The SMILES string of the molecule is CCC(Sc1cc(C)c2ccccc2n1)C(=O)Nc1ccccc1Cl. The van der Waals surface area contributed by atoms with Gasteiger partial charge in [-0.05, 0) is 43.2 Å². The van der Waals surface area contributed by atoms with E-state index in [9.17, 15) is 4.79 Å². The van der Waals surface area contributed by atoms with Crippen molar-refractivity contribution in [3.63, 3.8) is 0 Å². The summed E-state index contributed by atoms with van der Waals surface area (Å²) < 4.78 is 0. The van der Waals surface area contributed by atoms with Crippen molar-refractivity contribution in [1.29, 1.82) is 0 Å². The Morgan fingerprint density at radius 1 is 1.20 bits per heavy atom. The Bertz CT molecular complexity index is 913. The molecule has 0 bridgehead atoms. The molecule has 3 nitrogen and oxygen atoms in total. The van der Waals surface area contributed by atoms with Crippen LogP contribution in [0, 0.1) is 6.92 Å². The number of thioether (sulfide) groups is 1. The lowest BCUT2D eigenvalue weighted by Gasteiger charge is -2.15. The minimum Gasteiger partial charge on any atom is -0.324 e. The van der Waals surface area contributed by atoms with Gasteiger partial charge in [-0.3, -0.25) is 4.79 Å². The van der Waals surface area contributed by atoms with Crippen LogP contribution in [0.2, 0.25) is 5.02 Å². The summed E-state index contributed by atoms with van der Waals surface area (Å²) in [6.45, 7) is 4.07. The smallest absolute Gasteiger partial charge is 0.237 e. The fourth-order valence-corrected chi connectivity index (χ4v) is 3.83. The monoisotopic (exact) mass is 370 g/mol. The molecule has 0 saturated heterocycles. The van der Waals surface area contributed by atoms with Crippen molar-refractivity contribution in [1.82, 2.24) is 4.98 Å². The second kappa shape index (κ2) is 7.89. The second-order valence-corrected chi connectivity index (χ2v) is 7.41. The highest BCUT2D eigenvalue weighted by Crippen LogP contribution is 2.29. The maximum atomic E-state index is 12.6. The molecule has 0 fully saturated rings. The van der Waals surface area contributed by atoms with Crippen LogP contribution >= 0.6 is 23.4 Å². The molecule has 3 rings (SSSR count). The Morgan fingerprint density at radius 3 is 2.68 bits per heavy atom. The fraction of sp³-hybridized carbons (Fsp3) is 0.200. The molecule has 1 aromatic heterocycles. The first-order chi connectivity index (χ1) is 12.1. The predicted octanol–water partition coefficient (Wildman–Crippen LogP) is 5.71. The Labute approximate surface area is 156 Å². The third-order valence-electron chi connectivity index (χ3n) is 3.96. The number of aryl methyl sites for hydroxylation is 1. The molecule has 3 aromatic rings. The molecular formula is C20H19ClN2OS. The highest BCUT2D eigenvalue weighted by Gasteiger charge is 2.20. The van der Waals surface area contributed by atoms with Crippen molar-refractivity contribution >= 4 is 45.9 Å². The summed E-state index contributed by atoms with van der Waals surface area (Å²) in [4.78, 5) is 17.3. The number of hydrogen-bond acceptors (Lipinski definition) is 3. The lowest BCUT2D eigenvalue weighted by atomic mass is 10.1. The van der Waals surface area contributed by atoms with E-state index >= 15 is 0 Å². The molecule has 0 aliphatic carbocycles. The van der Waals surface area contributed by atoms with Gasteiger partial charge in [-0.1, -0.05) is 60.6 Å². The van der Waals surface area contributed by atoms with Crippen LogP contribution in [-0.4, -0.2) is 16.1 Å². The van der Waals surface area contributed by atoms with E-state index in [1.54, 1.807) is 12.1 Å². The minimum absolute atomic E-state index is 0.0618. The Balaban J connectivity index is 1.80. The fourth-order valence-electron chi connectivity index (χ4n) is 2.62. The molecule has 0 aliphatic heterocycles. The molecule has 128 valence electrons. The number of anilines is 1. The van der Waals surface area contributed by atoms with Crippen molar-refractivity contribution in [2.45, 2.75) is 30.5 Å². The summed E-state index contributed by atoms with van der Waals surface area (Å²) in [5.41, 5.74) is 2.75. The zero-order valence-corrected chi connectivity index (χ0v) is 15.7. The number of nitrogens with one attached hydrogen (secondary N) is 1. The van der Waals surface area contributed by atoms with Gasteiger partial charge in [0.1, 0.15) is 0 Å². The van der Waals surface area contributed by atoms with Crippen LogP contribution in [0.3, 0.4) is 0 Å². The van der Waals surface area contributed by atoms with Crippen LogP contribution < -0.4 is 5.32 Å². The first kappa shape index (κ1) is 17.8. The van der Waals surface area contributed by atoms with Crippen molar-refractivity contribution < 1.29 is 4.79 Å². The molecule has 25 heavy (non-hydrogen) atoms. The van der Waals surface area contributed by atoms with Gasteiger partial charge >= 0.3 is 0 Å². The third-order valence-corrected chi connectivity index (χ3v) is 5.57. The van der Waals surface area contributed by atoms with E-state index in [4.69, 9.17) is 11.6 Å². The molecule has 1 atom stereocenters.